The molecule has 2 heterocycles. The van der Waals surface area contributed by atoms with Crippen LogP contribution in [0.3, 0.4) is 0 Å². The van der Waals surface area contributed by atoms with Crippen LogP contribution in [0.4, 0.5) is 5.95 Å². The zero-order valence-corrected chi connectivity index (χ0v) is 14.5. The Morgan fingerprint density at radius 2 is 2.23 bits per heavy atom. The second-order valence-corrected chi connectivity index (χ2v) is 6.62. The molecule has 4 rings (SSSR count). The SMILES string of the molecule is N#CC1=C(N)N(c2ncn[nH]2)C2=C(C(=O)CCC2)[C@H]1c1cccc(Cl)c1. The van der Waals surface area contributed by atoms with Crippen molar-refractivity contribution >= 4 is 23.3 Å². The summed E-state index contributed by atoms with van der Waals surface area (Å²) >= 11 is 6.15. The van der Waals surface area contributed by atoms with Crippen molar-refractivity contribution in [3.63, 3.8) is 0 Å². The van der Waals surface area contributed by atoms with Crippen molar-refractivity contribution in [1.82, 2.24) is 15.2 Å². The monoisotopic (exact) mass is 366 g/mol. The van der Waals surface area contributed by atoms with Crippen molar-refractivity contribution < 1.29 is 4.79 Å². The number of anilines is 1. The van der Waals surface area contributed by atoms with Gasteiger partial charge in [0.2, 0.25) is 5.95 Å². The van der Waals surface area contributed by atoms with Gasteiger partial charge in [0.05, 0.1) is 17.6 Å². The number of hydrogen-bond donors (Lipinski definition) is 2. The molecule has 1 aliphatic heterocycles. The number of carbonyl (C=O) groups excluding carboxylic acids is 1. The Labute approximate surface area is 154 Å². The number of nitrogens with two attached hydrogens (primary N) is 1. The van der Waals surface area contributed by atoms with Gasteiger partial charge in [-0.2, -0.15) is 15.3 Å². The maximum atomic E-state index is 12.8. The normalized spacial score (nSPS) is 20.2. The summed E-state index contributed by atoms with van der Waals surface area (Å²) in [7, 11) is 0. The van der Waals surface area contributed by atoms with Crippen LogP contribution < -0.4 is 10.6 Å². The van der Waals surface area contributed by atoms with Gasteiger partial charge < -0.3 is 5.73 Å². The van der Waals surface area contributed by atoms with Crippen LogP contribution in [-0.4, -0.2) is 21.0 Å². The van der Waals surface area contributed by atoms with Crippen LogP contribution in [0.15, 0.2) is 53.3 Å². The third kappa shape index (κ3) is 2.47. The van der Waals surface area contributed by atoms with Crippen molar-refractivity contribution in [3.8, 4) is 6.07 Å². The first-order valence-corrected chi connectivity index (χ1v) is 8.56. The minimum absolute atomic E-state index is 0.0148. The second kappa shape index (κ2) is 6.32. The summed E-state index contributed by atoms with van der Waals surface area (Å²) in [5, 5.41) is 17.0. The number of nitrogens with one attached hydrogen (secondary N) is 1. The lowest BCUT2D eigenvalue weighted by Gasteiger charge is -2.38. The maximum absolute atomic E-state index is 12.8. The van der Waals surface area contributed by atoms with Crippen molar-refractivity contribution in [3.05, 3.63) is 63.8 Å². The number of ketones is 1. The first-order chi connectivity index (χ1) is 12.6. The molecule has 0 saturated carbocycles. The number of nitriles is 1. The Balaban J connectivity index is 1.98. The van der Waals surface area contributed by atoms with Crippen molar-refractivity contribution in [2.45, 2.75) is 25.2 Å². The van der Waals surface area contributed by atoms with Gasteiger partial charge in [0.25, 0.3) is 0 Å². The van der Waals surface area contributed by atoms with Crippen molar-refractivity contribution in [1.29, 1.82) is 5.26 Å². The van der Waals surface area contributed by atoms with E-state index in [4.69, 9.17) is 17.3 Å². The fourth-order valence-corrected chi connectivity index (χ4v) is 3.85. The van der Waals surface area contributed by atoms with Crippen LogP contribution in [-0.2, 0) is 4.79 Å². The number of hydrogen-bond acceptors (Lipinski definition) is 6. The minimum Gasteiger partial charge on any atom is -0.384 e. The summed E-state index contributed by atoms with van der Waals surface area (Å²) in [6.07, 6.45) is 3.19. The van der Waals surface area contributed by atoms with Crippen LogP contribution in [0.25, 0.3) is 0 Å². The highest BCUT2D eigenvalue weighted by Gasteiger charge is 2.41. The van der Waals surface area contributed by atoms with Crippen molar-refractivity contribution in [2.75, 3.05) is 4.90 Å². The molecule has 2 aromatic rings. The highest BCUT2D eigenvalue weighted by Crippen LogP contribution is 2.45. The molecule has 0 amide bonds. The summed E-state index contributed by atoms with van der Waals surface area (Å²) < 4.78 is 0. The van der Waals surface area contributed by atoms with Gasteiger partial charge in [-0.15, -0.1) is 0 Å². The van der Waals surface area contributed by atoms with E-state index < -0.39 is 5.92 Å². The van der Waals surface area contributed by atoms with E-state index in [1.807, 2.05) is 6.07 Å². The van der Waals surface area contributed by atoms with E-state index >= 15 is 0 Å². The maximum Gasteiger partial charge on any atom is 0.231 e. The number of aromatic nitrogens is 3. The molecule has 130 valence electrons. The van der Waals surface area contributed by atoms with Gasteiger partial charge in [-0.1, -0.05) is 23.7 Å². The molecule has 1 atom stereocenters. The largest absolute Gasteiger partial charge is 0.384 e. The molecule has 0 unspecified atom stereocenters. The zero-order chi connectivity index (χ0) is 18.3. The lowest BCUT2D eigenvalue weighted by Crippen LogP contribution is -2.39. The zero-order valence-electron chi connectivity index (χ0n) is 13.7. The molecule has 7 nitrogen and oxygen atoms in total. The molecule has 0 radical (unpaired) electrons. The van der Waals surface area contributed by atoms with E-state index in [2.05, 4.69) is 21.3 Å². The Hall–Kier alpha value is -3.11. The molecule has 3 N–H and O–H groups in total. The third-order valence-electron chi connectivity index (χ3n) is 4.71. The molecule has 2 aliphatic rings. The van der Waals surface area contributed by atoms with Gasteiger partial charge in [-0.05, 0) is 30.5 Å². The highest BCUT2D eigenvalue weighted by molar-refractivity contribution is 6.30. The summed E-state index contributed by atoms with van der Waals surface area (Å²) in [6.45, 7) is 0. The van der Waals surface area contributed by atoms with Gasteiger partial charge >= 0.3 is 0 Å². The van der Waals surface area contributed by atoms with Crippen LogP contribution in [0.2, 0.25) is 5.02 Å². The average Bonchev–Trinajstić information content (AvgIpc) is 3.15. The third-order valence-corrected chi connectivity index (χ3v) is 4.94. The van der Waals surface area contributed by atoms with E-state index in [0.717, 1.165) is 17.7 Å². The van der Waals surface area contributed by atoms with Crippen LogP contribution >= 0.6 is 11.6 Å². The van der Waals surface area contributed by atoms with Gasteiger partial charge in [-0.25, -0.2) is 5.10 Å². The quantitative estimate of drug-likeness (QED) is 0.845. The molecular formula is C18H15ClN6O. The fraction of sp³-hybridized carbons (Fsp3) is 0.222. The number of carbonyl (C=O) groups is 1. The minimum atomic E-state index is -0.527. The molecule has 1 aliphatic carbocycles. The Morgan fingerprint density at radius 3 is 2.92 bits per heavy atom. The molecule has 0 saturated heterocycles. The lowest BCUT2D eigenvalue weighted by molar-refractivity contribution is -0.116. The molecule has 0 bridgehead atoms. The number of H-pyrrole nitrogens is 1. The van der Waals surface area contributed by atoms with E-state index in [0.29, 0.717) is 35.0 Å². The number of rotatable bonds is 2. The molecule has 0 fully saturated rings. The number of aromatic amines is 1. The van der Waals surface area contributed by atoms with Gasteiger partial charge in [0.15, 0.2) is 5.78 Å². The highest BCUT2D eigenvalue weighted by atomic mass is 35.5. The lowest BCUT2D eigenvalue weighted by atomic mass is 9.76. The smallest absolute Gasteiger partial charge is 0.231 e. The average molecular weight is 367 g/mol. The number of halogens is 1. The summed E-state index contributed by atoms with van der Waals surface area (Å²) in [5.41, 5.74) is 8.79. The van der Waals surface area contributed by atoms with E-state index in [1.165, 1.54) is 6.33 Å². The van der Waals surface area contributed by atoms with E-state index in [1.54, 1.807) is 23.1 Å². The molecule has 26 heavy (non-hydrogen) atoms. The van der Waals surface area contributed by atoms with Crippen LogP contribution in [0, 0.1) is 11.3 Å². The Kier molecular flexibility index (Phi) is 3.98. The topological polar surface area (TPSA) is 112 Å². The Morgan fingerprint density at radius 1 is 1.38 bits per heavy atom. The molecular weight excluding hydrogens is 352 g/mol. The Bertz CT molecular complexity index is 985. The van der Waals surface area contributed by atoms with E-state index in [-0.39, 0.29) is 11.6 Å². The summed E-state index contributed by atoms with van der Waals surface area (Å²) in [6, 6.07) is 9.38. The number of Topliss-reactive ketones (excluding diaryl/α,β-unsaturated/α-hetero) is 1. The van der Waals surface area contributed by atoms with Crippen LogP contribution in [0.1, 0.15) is 30.7 Å². The number of nitrogens with zero attached hydrogens (tertiary/aromatic N) is 4. The van der Waals surface area contributed by atoms with Gasteiger partial charge in [0.1, 0.15) is 12.1 Å². The second-order valence-electron chi connectivity index (χ2n) is 6.18. The van der Waals surface area contributed by atoms with Crippen LogP contribution in [0.5, 0.6) is 0 Å². The summed E-state index contributed by atoms with van der Waals surface area (Å²) in [4.78, 5) is 18.6. The molecule has 1 aromatic carbocycles. The molecule has 8 heteroatoms. The fourth-order valence-electron chi connectivity index (χ4n) is 3.65. The number of benzene rings is 1. The van der Waals surface area contributed by atoms with E-state index in [9.17, 15) is 10.1 Å². The summed E-state index contributed by atoms with van der Waals surface area (Å²) in [5.74, 6) is 0.131. The standard InChI is InChI=1S/C18H15ClN6O/c19-11-4-1-3-10(7-11)15-12(8-20)17(21)25(18-22-9-23-24-18)13-5-2-6-14(26)16(13)15/h1,3-4,7,9,15H,2,5-6,21H2,(H,22,23,24)/t15-/m0/s1. The first kappa shape index (κ1) is 16.4. The predicted molar refractivity (Wildman–Crippen MR) is 95.8 cm³/mol. The van der Waals surface area contributed by atoms with Gasteiger partial charge in [0, 0.05) is 22.7 Å². The van der Waals surface area contributed by atoms with Crippen molar-refractivity contribution in [2.24, 2.45) is 5.73 Å². The number of allylic oxidation sites excluding steroid dienone is 3. The molecule has 1 aromatic heterocycles. The predicted octanol–water partition coefficient (Wildman–Crippen LogP) is 2.76. The van der Waals surface area contributed by atoms with Gasteiger partial charge in [-0.3, -0.25) is 9.69 Å². The first-order valence-electron chi connectivity index (χ1n) is 8.18. The molecule has 0 spiro atoms.